The second kappa shape index (κ2) is 4.13. The summed E-state index contributed by atoms with van der Waals surface area (Å²) in [5.74, 6) is -0.137. The topological polar surface area (TPSA) is 55.1 Å². The molecule has 0 aliphatic carbocycles. The molecule has 0 aromatic carbocycles. The maximum Gasteiger partial charge on any atom is 0.244 e. The van der Waals surface area contributed by atoms with Crippen molar-refractivity contribution in [3.8, 4) is 0 Å². The van der Waals surface area contributed by atoms with Gasteiger partial charge in [0.1, 0.15) is 0 Å². The largest absolute Gasteiger partial charge is 0.340 e. The van der Waals surface area contributed by atoms with Gasteiger partial charge in [-0.1, -0.05) is 26.8 Å². The highest BCUT2D eigenvalue weighted by atomic mass is 16.1. The normalized spacial score (nSPS) is 12.0. The zero-order valence-corrected chi connectivity index (χ0v) is 7.35. The third kappa shape index (κ3) is 7.06. The predicted octanol–water partition coefficient (Wildman–Crippen LogP) is 0.621. The van der Waals surface area contributed by atoms with Gasteiger partial charge < -0.3 is 11.1 Å². The summed E-state index contributed by atoms with van der Waals surface area (Å²) in [5.41, 5.74) is 5.15. The molecule has 0 rings (SSSR count). The SMILES string of the molecule is CC(C)(C)/C=C/C(=O)NCN. The Morgan fingerprint density at radius 3 is 2.45 bits per heavy atom. The Labute approximate surface area is 67.7 Å². The molecule has 0 radical (unpaired) electrons. The van der Waals surface area contributed by atoms with Crippen LogP contribution in [0.1, 0.15) is 20.8 Å². The molecule has 0 aromatic rings. The summed E-state index contributed by atoms with van der Waals surface area (Å²) in [6.45, 7) is 6.27. The van der Waals surface area contributed by atoms with Crippen LogP contribution >= 0.6 is 0 Å². The fourth-order valence-corrected chi connectivity index (χ4v) is 0.485. The molecule has 3 heteroatoms. The molecule has 0 heterocycles. The van der Waals surface area contributed by atoms with E-state index in [1.807, 2.05) is 26.8 Å². The van der Waals surface area contributed by atoms with E-state index in [4.69, 9.17) is 5.73 Å². The predicted molar refractivity (Wildman–Crippen MR) is 45.8 cm³/mol. The van der Waals surface area contributed by atoms with Gasteiger partial charge >= 0.3 is 0 Å². The Morgan fingerprint density at radius 1 is 1.55 bits per heavy atom. The van der Waals surface area contributed by atoms with Crippen LogP contribution in [0.4, 0.5) is 0 Å². The molecule has 0 aliphatic heterocycles. The molecule has 0 atom stereocenters. The molecule has 3 nitrogen and oxygen atoms in total. The molecule has 0 aromatic heterocycles. The molecule has 1 amide bonds. The number of hydrogen-bond donors (Lipinski definition) is 2. The molecular weight excluding hydrogens is 140 g/mol. The molecule has 0 saturated carbocycles. The molecule has 64 valence electrons. The standard InChI is InChI=1S/C8H16N2O/c1-8(2,3)5-4-7(11)10-6-9/h4-5H,6,9H2,1-3H3,(H,10,11)/b5-4+. The number of nitrogens with one attached hydrogen (secondary N) is 1. The van der Waals surface area contributed by atoms with Crippen LogP contribution in [0.3, 0.4) is 0 Å². The first-order chi connectivity index (χ1) is 4.95. The average molecular weight is 156 g/mol. The Kier molecular flexibility index (Phi) is 3.82. The van der Waals surface area contributed by atoms with Gasteiger partial charge in [-0.15, -0.1) is 0 Å². The van der Waals surface area contributed by atoms with Crippen LogP contribution in [-0.2, 0) is 4.79 Å². The van der Waals surface area contributed by atoms with Crippen molar-refractivity contribution >= 4 is 5.91 Å². The zero-order valence-electron chi connectivity index (χ0n) is 7.35. The van der Waals surface area contributed by atoms with E-state index in [1.165, 1.54) is 6.08 Å². The lowest BCUT2D eigenvalue weighted by Crippen LogP contribution is -2.27. The third-order valence-electron chi connectivity index (χ3n) is 1.01. The van der Waals surface area contributed by atoms with Crippen molar-refractivity contribution in [1.82, 2.24) is 5.32 Å². The highest BCUT2D eigenvalue weighted by Crippen LogP contribution is 2.13. The third-order valence-corrected chi connectivity index (χ3v) is 1.01. The Hall–Kier alpha value is -0.830. The van der Waals surface area contributed by atoms with Gasteiger partial charge in [-0.25, -0.2) is 0 Å². The van der Waals surface area contributed by atoms with Crippen molar-refractivity contribution in [3.63, 3.8) is 0 Å². The van der Waals surface area contributed by atoms with E-state index in [1.54, 1.807) is 0 Å². The summed E-state index contributed by atoms with van der Waals surface area (Å²) in [4.78, 5) is 10.8. The fraction of sp³-hybridized carbons (Fsp3) is 0.625. The van der Waals surface area contributed by atoms with Crippen LogP contribution in [0, 0.1) is 5.41 Å². The molecule has 0 bridgehead atoms. The number of carbonyl (C=O) groups excluding carboxylic acids is 1. The molecule has 0 saturated heterocycles. The van der Waals surface area contributed by atoms with Gasteiger partial charge in [0.15, 0.2) is 0 Å². The van der Waals surface area contributed by atoms with Gasteiger partial charge in [0.25, 0.3) is 0 Å². The Morgan fingerprint density at radius 2 is 2.09 bits per heavy atom. The number of amides is 1. The number of carbonyl (C=O) groups is 1. The van der Waals surface area contributed by atoms with Gasteiger partial charge in [-0.3, -0.25) is 4.79 Å². The van der Waals surface area contributed by atoms with E-state index in [0.29, 0.717) is 0 Å². The summed E-state index contributed by atoms with van der Waals surface area (Å²) < 4.78 is 0. The summed E-state index contributed by atoms with van der Waals surface area (Å²) in [5, 5.41) is 2.47. The maximum absolute atomic E-state index is 10.8. The summed E-state index contributed by atoms with van der Waals surface area (Å²) in [7, 11) is 0. The van der Waals surface area contributed by atoms with Crippen LogP contribution < -0.4 is 11.1 Å². The molecule has 0 unspecified atom stereocenters. The van der Waals surface area contributed by atoms with E-state index in [2.05, 4.69) is 5.32 Å². The summed E-state index contributed by atoms with van der Waals surface area (Å²) >= 11 is 0. The number of nitrogens with two attached hydrogens (primary N) is 1. The zero-order chi connectivity index (χ0) is 8.91. The minimum atomic E-state index is -0.137. The van der Waals surface area contributed by atoms with E-state index >= 15 is 0 Å². The highest BCUT2D eigenvalue weighted by molar-refractivity contribution is 5.87. The number of allylic oxidation sites excluding steroid dienone is 1. The monoisotopic (exact) mass is 156 g/mol. The molecular formula is C8H16N2O. The van der Waals surface area contributed by atoms with Gasteiger partial charge in [0.2, 0.25) is 5.91 Å². The molecule has 0 spiro atoms. The lowest BCUT2D eigenvalue weighted by molar-refractivity contribution is -0.116. The number of rotatable bonds is 2. The van der Waals surface area contributed by atoms with Crippen LogP contribution in [0.15, 0.2) is 12.2 Å². The minimum Gasteiger partial charge on any atom is -0.340 e. The molecule has 3 N–H and O–H groups in total. The van der Waals surface area contributed by atoms with Gasteiger partial charge in [0, 0.05) is 0 Å². The van der Waals surface area contributed by atoms with E-state index in [9.17, 15) is 4.79 Å². The lowest BCUT2D eigenvalue weighted by atomic mass is 9.96. The second-order valence-electron chi connectivity index (χ2n) is 3.44. The van der Waals surface area contributed by atoms with E-state index in [0.717, 1.165) is 0 Å². The van der Waals surface area contributed by atoms with Crippen LogP contribution in [0.2, 0.25) is 0 Å². The first kappa shape index (κ1) is 10.2. The quantitative estimate of drug-likeness (QED) is 0.455. The molecule has 0 fully saturated rings. The van der Waals surface area contributed by atoms with Crippen LogP contribution in [0.5, 0.6) is 0 Å². The van der Waals surface area contributed by atoms with Crippen molar-refractivity contribution in [2.75, 3.05) is 6.67 Å². The van der Waals surface area contributed by atoms with E-state index < -0.39 is 0 Å². The van der Waals surface area contributed by atoms with Crippen LogP contribution in [-0.4, -0.2) is 12.6 Å². The number of hydrogen-bond acceptors (Lipinski definition) is 2. The molecule has 0 aliphatic rings. The second-order valence-corrected chi connectivity index (χ2v) is 3.44. The average Bonchev–Trinajstić information content (AvgIpc) is 1.83. The van der Waals surface area contributed by atoms with Crippen molar-refractivity contribution in [2.24, 2.45) is 11.1 Å². The van der Waals surface area contributed by atoms with Gasteiger partial charge in [-0.05, 0) is 11.5 Å². The van der Waals surface area contributed by atoms with Gasteiger partial charge in [-0.2, -0.15) is 0 Å². The first-order valence-electron chi connectivity index (χ1n) is 3.63. The Bertz CT molecular complexity index is 156. The smallest absolute Gasteiger partial charge is 0.244 e. The van der Waals surface area contributed by atoms with E-state index in [-0.39, 0.29) is 18.0 Å². The fourth-order valence-electron chi connectivity index (χ4n) is 0.485. The summed E-state index contributed by atoms with van der Waals surface area (Å²) in [6.07, 6.45) is 3.35. The Balaban J connectivity index is 3.83. The van der Waals surface area contributed by atoms with Crippen LogP contribution in [0.25, 0.3) is 0 Å². The lowest BCUT2D eigenvalue weighted by Gasteiger charge is -2.10. The minimum absolute atomic E-state index is 0.0476. The van der Waals surface area contributed by atoms with Crippen molar-refractivity contribution in [2.45, 2.75) is 20.8 Å². The first-order valence-corrected chi connectivity index (χ1v) is 3.63. The van der Waals surface area contributed by atoms with Gasteiger partial charge in [0.05, 0.1) is 6.67 Å². The van der Waals surface area contributed by atoms with Crippen molar-refractivity contribution < 1.29 is 4.79 Å². The summed E-state index contributed by atoms with van der Waals surface area (Å²) in [6, 6.07) is 0. The molecule has 11 heavy (non-hydrogen) atoms. The van der Waals surface area contributed by atoms with Crippen molar-refractivity contribution in [1.29, 1.82) is 0 Å². The maximum atomic E-state index is 10.8. The van der Waals surface area contributed by atoms with Crippen molar-refractivity contribution in [3.05, 3.63) is 12.2 Å². The highest BCUT2D eigenvalue weighted by Gasteiger charge is 2.04.